The third kappa shape index (κ3) is 4.86. The Bertz CT molecular complexity index is 2180. The van der Waals surface area contributed by atoms with Gasteiger partial charge in [-0.1, -0.05) is 50.6 Å². The molecule has 5 aliphatic heterocycles. The van der Waals surface area contributed by atoms with Crippen molar-refractivity contribution < 1.29 is 38.4 Å². The molecule has 1 saturated carbocycles. The second kappa shape index (κ2) is 13.3. The van der Waals surface area contributed by atoms with E-state index >= 15 is 4.79 Å². The number of esters is 3. The molecule has 9 rings (SSSR count). The van der Waals surface area contributed by atoms with Gasteiger partial charge in [-0.25, -0.2) is 4.79 Å². The van der Waals surface area contributed by atoms with Crippen molar-refractivity contribution in [2.24, 2.45) is 17.3 Å². The molecule has 0 amide bonds. The molecule has 2 aromatic carbocycles. The molecule has 12 nitrogen and oxygen atoms in total. The topological polar surface area (TPSA) is 134 Å². The van der Waals surface area contributed by atoms with Crippen LogP contribution in [0.3, 0.4) is 0 Å². The van der Waals surface area contributed by atoms with Gasteiger partial charge in [0.1, 0.15) is 11.2 Å². The molecule has 1 unspecified atom stereocenters. The number of hydrogen-bond donors (Lipinski definition) is 2. The molecule has 10 atom stereocenters. The molecule has 57 heavy (non-hydrogen) atoms. The van der Waals surface area contributed by atoms with Crippen molar-refractivity contribution in [1.82, 2.24) is 14.8 Å². The van der Waals surface area contributed by atoms with Crippen LogP contribution in [0.4, 0.5) is 5.69 Å². The number of fused-ring (bicyclic) bond motifs is 6. The molecule has 1 aromatic heterocycles. The van der Waals surface area contributed by atoms with Crippen LogP contribution in [0.15, 0.2) is 48.6 Å². The Morgan fingerprint density at radius 3 is 2.47 bits per heavy atom. The average molecular weight is 781 g/mol. The SMILES string of the molecule is CC[C@@H]1C[C@H]2CN(Cc3c([nH]c4ccccc34)[C@@](C(=O)OC)(c3cc4c(cc3OC)N(C)[C@H]3[C@@](O)(C(=O)OC)[C@H](OC(C)=O)[C@]5(CC)C=CCN6CC[C@]43[C@@H]65)C2)C1. The first-order valence-corrected chi connectivity index (χ1v) is 20.7. The predicted octanol–water partition coefficient (Wildman–Crippen LogP) is 4.83. The van der Waals surface area contributed by atoms with Gasteiger partial charge in [0.15, 0.2) is 6.10 Å². The summed E-state index contributed by atoms with van der Waals surface area (Å²) in [6.45, 7) is 9.54. The number of anilines is 1. The molecule has 2 bridgehead atoms. The lowest BCUT2D eigenvalue weighted by Gasteiger charge is -2.63. The summed E-state index contributed by atoms with van der Waals surface area (Å²) in [5.41, 5.74) is -0.0938. The van der Waals surface area contributed by atoms with Gasteiger partial charge in [0.05, 0.1) is 27.4 Å². The zero-order valence-electron chi connectivity index (χ0n) is 34.2. The van der Waals surface area contributed by atoms with E-state index in [-0.39, 0.29) is 17.9 Å². The van der Waals surface area contributed by atoms with Crippen LogP contribution in [0.5, 0.6) is 5.75 Å². The molecule has 3 aromatic rings. The van der Waals surface area contributed by atoms with Crippen molar-refractivity contribution >= 4 is 34.5 Å². The quantitative estimate of drug-likeness (QED) is 0.194. The van der Waals surface area contributed by atoms with Crippen LogP contribution in [0.1, 0.15) is 75.3 Å². The lowest BCUT2D eigenvalue weighted by molar-refractivity contribution is -0.228. The summed E-state index contributed by atoms with van der Waals surface area (Å²) in [6, 6.07) is 11.3. The van der Waals surface area contributed by atoms with Crippen LogP contribution in [0.2, 0.25) is 0 Å². The smallest absolute Gasteiger partial charge is 0.344 e. The molecule has 304 valence electrons. The number of rotatable bonds is 7. The number of hydrogen-bond acceptors (Lipinski definition) is 11. The van der Waals surface area contributed by atoms with Crippen LogP contribution in [0, 0.1) is 17.3 Å². The minimum Gasteiger partial charge on any atom is -0.496 e. The summed E-state index contributed by atoms with van der Waals surface area (Å²) >= 11 is 0. The molecule has 1 aliphatic carbocycles. The maximum absolute atomic E-state index is 15.2. The molecular weight excluding hydrogens is 725 g/mol. The summed E-state index contributed by atoms with van der Waals surface area (Å²) in [7, 11) is 6.26. The van der Waals surface area contributed by atoms with E-state index in [0.29, 0.717) is 56.1 Å². The minimum absolute atomic E-state index is 0.190. The Balaban J connectivity index is 1.36. The van der Waals surface area contributed by atoms with Crippen LogP contribution in [0.25, 0.3) is 10.9 Å². The Morgan fingerprint density at radius 1 is 1.00 bits per heavy atom. The first kappa shape index (κ1) is 38.1. The van der Waals surface area contributed by atoms with Crippen molar-refractivity contribution in [3.05, 3.63) is 70.9 Å². The molecule has 6 aliphatic rings. The number of aliphatic hydroxyl groups is 1. The number of aromatic nitrogens is 1. The number of ether oxygens (including phenoxy) is 4. The first-order valence-electron chi connectivity index (χ1n) is 20.7. The number of carbonyl (C=O) groups excluding carboxylic acids is 3. The van der Waals surface area contributed by atoms with Gasteiger partial charge in [0.25, 0.3) is 0 Å². The average Bonchev–Trinajstić information content (AvgIpc) is 3.87. The second-order valence-corrected chi connectivity index (χ2v) is 17.6. The van der Waals surface area contributed by atoms with Crippen molar-refractivity contribution in [2.75, 3.05) is 59.5 Å². The van der Waals surface area contributed by atoms with Gasteiger partial charge in [-0.2, -0.15) is 0 Å². The number of piperidine rings is 1. The number of para-hydroxylation sites is 1. The summed E-state index contributed by atoms with van der Waals surface area (Å²) in [6.07, 6.45) is 6.56. The Hall–Kier alpha value is -4.39. The van der Waals surface area contributed by atoms with Gasteiger partial charge in [-0.15, -0.1) is 0 Å². The van der Waals surface area contributed by atoms with E-state index in [1.54, 1.807) is 7.11 Å². The second-order valence-electron chi connectivity index (χ2n) is 17.6. The van der Waals surface area contributed by atoms with Crippen molar-refractivity contribution in [3.8, 4) is 5.75 Å². The van der Waals surface area contributed by atoms with Crippen LogP contribution in [-0.4, -0.2) is 116 Å². The number of H-pyrrole nitrogens is 1. The maximum atomic E-state index is 15.2. The minimum atomic E-state index is -2.27. The first-order chi connectivity index (χ1) is 27.4. The number of methoxy groups -OCH3 is 3. The third-order valence-electron chi connectivity index (χ3n) is 15.2. The van der Waals surface area contributed by atoms with Gasteiger partial charge in [-0.3, -0.25) is 19.4 Å². The van der Waals surface area contributed by atoms with Crippen LogP contribution in [-0.2, 0) is 46.0 Å². The Morgan fingerprint density at radius 2 is 1.77 bits per heavy atom. The number of nitrogens with one attached hydrogen (secondary N) is 1. The van der Waals surface area contributed by atoms with E-state index < -0.39 is 45.9 Å². The Labute approximate surface area is 334 Å². The van der Waals surface area contributed by atoms with E-state index in [0.717, 1.165) is 59.3 Å². The third-order valence-corrected chi connectivity index (χ3v) is 15.2. The van der Waals surface area contributed by atoms with Crippen LogP contribution < -0.4 is 9.64 Å². The fraction of sp³-hybridized carbons (Fsp3) is 0.578. The summed E-state index contributed by atoms with van der Waals surface area (Å²) in [5.74, 6) is -0.592. The summed E-state index contributed by atoms with van der Waals surface area (Å²) in [5, 5.41) is 14.4. The van der Waals surface area contributed by atoms with E-state index in [1.165, 1.54) is 21.1 Å². The van der Waals surface area contributed by atoms with E-state index in [2.05, 4.69) is 52.1 Å². The summed E-state index contributed by atoms with van der Waals surface area (Å²) in [4.78, 5) is 53.3. The van der Waals surface area contributed by atoms with Gasteiger partial charge >= 0.3 is 17.9 Å². The normalized spacial score (nSPS) is 36.3. The molecule has 2 saturated heterocycles. The van der Waals surface area contributed by atoms with E-state index in [9.17, 15) is 14.7 Å². The zero-order valence-corrected chi connectivity index (χ0v) is 34.2. The zero-order chi connectivity index (χ0) is 40.2. The van der Waals surface area contributed by atoms with Gasteiger partial charge < -0.3 is 33.9 Å². The highest BCUT2D eigenvalue weighted by Crippen LogP contribution is 2.68. The molecule has 12 heteroatoms. The highest BCUT2D eigenvalue weighted by Gasteiger charge is 2.80. The lowest BCUT2D eigenvalue weighted by Crippen LogP contribution is -2.81. The molecule has 0 radical (unpaired) electrons. The van der Waals surface area contributed by atoms with Crippen molar-refractivity contribution in [2.45, 2.75) is 94.0 Å². The van der Waals surface area contributed by atoms with Crippen LogP contribution >= 0.6 is 0 Å². The fourth-order valence-electron chi connectivity index (χ4n) is 13.3. The van der Waals surface area contributed by atoms with Gasteiger partial charge in [0, 0.05) is 90.9 Å². The molecule has 2 N–H and O–H groups in total. The van der Waals surface area contributed by atoms with Crippen molar-refractivity contribution in [3.63, 3.8) is 0 Å². The van der Waals surface area contributed by atoms with E-state index in [4.69, 9.17) is 18.9 Å². The highest BCUT2D eigenvalue weighted by atomic mass is 16.6. The van der Waals surface area contributed by atoms with Gasteiger partial charge in [-0.05, 0) is 67.3 Å². The standard InChI is InChI=1S/C45H56N4O8/c1-8-27-19-28-22-44(40(51)55-6,36-30(25-48(23-27)24-28)29-13-10-11-14-33(29)46-36)32-20-31-34(21-35(32)54-5)47(4)38-43(31)16-18-49-17-12-15-42(9-2,37(43)49)39(57-26(3)50)45(38,53)41(52)56-7/h10-15,20-21,27-28,37-39,46,53H,8-9,16-19,22-25H2,1-7H3/t27-,28-,37+,38-,39-,42-,43-,44+,45+/m1/s1. The largest absolute Gasteiger partial charge is 0.496 e. The molecular formula is C45H56N4O8. The number of aromatic amines is 1. The molecule has 6 heterocycles. The number of likely N-dealkylation sites (N-methyl/N-ethyl adjacent to an activating group) is 1. The summed E-state index contributed by atoms with van der Waals surface area (Å²) < 4.78 is 23.9. The highest BCUT2D eigenvalue weighted by molar-refractivity contribution is 5.95. The van der Waals surface area contributed by atoms with E-state index in [1.807, 2.05) is 37.1 Å². The Kier molecular flexibility index (Phi) is 8.92. The van der Waals surface area contributed by atoms with Crippen molar-refractivity contribution in [1.29, 1.82) is 0 Å². The number of nitrogens with zero attached hydrogens (tertiary/aromatic N) is 3. The fourth-order valence-corrected chi connectivity index (χ4v) is 13.3. The monoisotopic (exact) mass is 780 g/mol. The molecule has 1 spiro atoms. The number of benzene rings is 2. The lowest BCUT2D eigenvalue weighted by atomic mass is 9.47. The van der Waals surface area contributed by atoms with Gasteiger partial charge in [0.2, 0.25) is 5.60 Å². The predicted molar refractivity (Wildman–Crippen MR) is 214 cm³/mol. The molecule has 3 fully saturated rings. The maximum Gasteiger partial charge on any atom is 0.344 e. The number of carbonyl (C=O) groups is 3.